The van der Waals surface area contributed by atoms with Crippen LogP contribution in [0.2, 0.25) is 0 Å². The second kappa shape index (κ2) is 16.2. The van der Waals surface area contributed by atoms with E-state index in [4.69, 9.17) is 0 Å². The van der Waals surface area contributed by atoms with Gasteiger partial charge in [0.05, 0.1) is 63.2 Å². The Bertz CT molecular complexity index is 1830. The lowest BCUT2D eigenvalue weighted by Gasteiger charge is -2.42. The first-order valence-electron chi connectivity index (χ1n) is 19.7. The summed E-state index contributed by atoms with van der Waals surface area (Å²) in [6.07, 6.45) is 5.51. The molecule has 54 heavy (non-hydrogen) atoms. The third kappa shape index (κ3) is 6.86. The van der Waals surface area contributed by atoms with E-state index in [-0.39, 0.29) is 44.8 Å². The minimum absolute atomic E-state index is 0. The van der Waals surface area contributed by atoms with Crippen LogP contribution in [-0.4, -0.2) is 71.5 Å². The molecular formula is C48H56Br2N2O2. The monoisotopic (exact) mass is 850 g/mol. The number of nitrogens with zero attached hydrogens (tertiary/aromatic N) is 2. The topological polar surface area (TPSA) is 40.5 Å². The highest BCUT2D eigenvalue weighted by atomic mass is 79.9. The maximum Gasteiger partial charge on any atom is 0.126 e. The summed E-state index contributed by atoms with van der Waals surface area (Å²) < 4.78 is 2.33. The number of halogens is 2. The number of benzene rings is 5. The predicted molar refractivity (Wildman–Crippen MR) is 210 cm³/mol. The lowest BCUT2D eigenvalue weighted by Crippen LogP contribution is -3.00. The van der Waals surface area contributed by atoms with Gasteiger partial charge < -0.3 is 53.1 Å². The Balaban J connectivity index is 0.000000182. The molecule has 0 unspecified atom stereocenters. The number of aliphatic hydroxyl groups is 2. The third-order valence-corrected chi connectivity index (χ3v) is 14.2. The molecule has 4 heterocycles. The molecule has 4 nitrogen and oxygen atoms in total. The Labute approximate surface area is 344 Å². The standard InChI is InChI=1S/C27H30NO.C21H26NO.2BrH/c29-27(24-12-6-2-7-13-24,25-14-8-3-9-15-25)26-17-20-28(22-26,21-18-26)19-16-23-10-4-1-5-11-23;1-2-22-15-13-20(17-22,14-16-22)21(23,18-9-5-3-6-10-18)19-11-7-4-8-12-19;;/h1-15,29H,16-22H2;3-12,23H,2,13-17H2,1H3;2*1H/q2*+1;;/p-2. The van der Waals surface area contributed by atoms with E-state index in [1.54, 1.807) is 0 Å². The van der Waals surface area contributed by atoms with Crippen molar-refractivity contribution < 1.29 is 53.1 Å². The summed E-state index contributed by atoms with van der Waals surface area (Å²) >= 11 is 0. The third-order valence-electron chi connectivity index (χ3n) is 14.2. The molecule has 0 aliphatic carbocycles. The number of hydrogen-bond donors (Lipinski definition) is 2. The second-order valence-electron chi connectivity index (χ2n) is 16.6. The zero-order valence-electron chi connectivity index (χ0n) is 31.7. The zero-order chi connectivity index (χ0) is 35.8. The quantitative estimate of drug-likeness (QED) is 0.212. The van der Waals surface area contributed by atoms with Gasteiger partial charge in [0.25, 0.3) is 0 Å². The number of quaternary nitrogens is 2. The highest BCUT2D eigenvalue weighted by Gasteiger charge is 2.66. The van der Waals surface area contributed by atoms with Crippen molar-refractivity contribution in [1.29, 1.82) is 0 Å². The van der Waals surface area contributed by atoms with Crippen LogP contribution in [0.4, 0.5) is 0 Å². The second-order valence-corrected chi connectivity index (χ2v) is 16.6. The number of rotatable bonds is 10. The molecule has 6 heteroatoms. The molecule has 5 aromatic carbocycles. The lowest BCUT2D eigenvalue weighted by atomic mass is 9.63. The zero-order valence-corrected chi connectivity index (χ0v) is 34.8. The smallest absolute Gasteiger partial charge is 0.126 e. The summed E-state index contributed by atoms with van der Waals surface area (Å²) in [4.78, 5) is 0. The van der Waals surface area contributed by atoms with Crippen LogP contribution in [0.15, 0.2) is 152 Å². The van der Waals surface area contributed by atoms with Gasteiger partial charge in [0, 0.05) is 32.1 Å². The normalized spacial score (nSPS) is 26.6. The van der Waals surface area contributed by atoms with Crippen LogP contribution in [-0.2, 0) is 17.6 Å². The van der Waals surface area contributed by atoms with E-state index in [0.29, 0.717) is 0 Å². The van der Waals surface area contributed by atoms with Gasteiger partial charge in [-0.25, -0.2) is 0 Å². The van der Waals surface area contributed by atoms with E-state index >= 15 is 0 Å². The largest absolute Gasteiger partial charge is 1.00 e. The molecule has 4 saturated heterocycles. The fourth-order valence-corrected chi connectivity index (χ4v) is 11.2. The summed E-state index contributed by atoms with van der Waals surface area (Å²) in [5.41, 5.74) is 3.64. The first-order chi connectivity index (χ1) is 25.3. The fourth-order valence-electron chi connectivity index (χ4n) is 11.2. The van der Waals surface area contributed by atoms with Crippen LogP contribution >= 0.6 is 0 Å². The Morgan fingerprint density at radius 3 is 1.07 bits per heavy atom. The molecule has 4 aliphatic rings. The van der Waals surface area contributed by atoms with Crippen molar-refractivity contribution in [3.05, 3.63) is 179 Å². The molecule has 0 amide bonds. The summed E-state index contributed by atoms with van der Waals surface area (Å²) in [5.74, 6) is 0. The van der Waals surface area contributed by atoms with Crippen molar-refractivity contribution in [3.8, 4) is 0 Å². The number of piperidine rings is 2. The van der Waals surface area contributed by atoms with Crippen molar-refractivity contribution in [2.24, 2.45) is 10.8 Å². The summed E-state index contributed by atoms with van der Waals surface area (Å²) in [5, 5.41) is 24.6. The molecule has 284 valence electrons. The van der Waals surface area contributed by atoms with Crippen molar-refractivity contribution >= 4 is 0 Å². The van der Waals surface area contributed by atoms with E-state index in [0.717, 1.165) is 71.9 Å². The van der Waals surface area contributed by atoms with E-state index in [1.165, 1.54) is 49.3 Å². The first kappa shape index (κ1) is 40.6. The molecule has 0 atom stereocenters. The molecule has 0 saturated carbocycles. The SMILES string of the molecule is CC[N+]12CCC(C(O)(c3ccccc3)c3ccccc3)(CC1)C2.OC(c1ccccc1)(c1ccccc1)C12CC[N+](CCc3ccccc3)(CC1)C2.[Br-].[Br-]. The van der Waals surface area contributed by atoms with Crippen LogP contribution in [0.3, 0.4) is 0 Å². The molecule has 0 spiro atoms. The minimum Gasteiger partial charge on any atom is -1.00 e. The van der Waals surface area contributed by atoms with Gasteiger partial charge >= 0.3 is 0 Å². The van der Waals surface area contributed by atoms with E-state index < -0.39 is 11.2 Å². The summed E-state index contributed by atoms with van der Waals surface area (Å²) in [7, 11) is 0. The predicted octanol–water partition coefficient (Wildman–Crippen LogP) is 2.34. The van der Waals surface area contributed by atoms with Crippen molar-refractivity contribution in [1.82, 2.24) is 0 Å². The molecule has 5 aromatic rings. The van der Waals surface area contributed by atoms with Gasteiger partial charge in [0.15, 0.2) is 0 Å². The van der Waals surface area contributed by atoms with Gasteiger partial charge in [0.2, 0.25) is 0 Å². The highest BCUT2D eigenvalue weighted by molar-refractivity contribution is 5.41. The molecule has 0 radical (unpaired) electrons. The van der Waals surface area contributed by atoms with E-state index in [9.17, 15) is 10.2 Å². The molecule has 9 rings (SSSR count). The van der Waals surface area contributed by atoms with Crippen molar-refractivity contribution in [2.75, 3.05) is 52.4 Å². The molecule has 4 fully saturated rings. The van der Waals surface area contributed by atoms with Gasteiger partial charge in [-0.2, -0.15) is 0 Å². The summed E-state index contributed by atoms with van der Waals surface area (Å²) in [6, 6.07) is 52.2. The Morgan fingerprint density at radius 1 is 0.463 bits per heavy atom. The molecular weight excluding hydrogens is 796 g/mol. The van der Waals surface area contributed by atoms with Crippen LogP contribution in [0.1, 0.15) is 60.4 Å². The molecule has 2 N–H and O–H groups in total. The van der Waals surface area contributed by atoms with Crippen LogP contribution in [0.25, 0.3) is 0 Å². The van der Waals surface area contributed by atoms with E-state index in [1.807, 2.05) is 48.5 Å². The van der Waals surface area contributed by atoms with Gasteiger partial charge in [0.1, 0.15) is 11.2 Å². The van der Waals surface area contributed by atoms with Gasteiger partial charge in [-0.05, 0) is 34.7 Å². The van der Waals surface area contributed by atoms with Crippen LogP contribution < -0.4 is 34.0 Å². The van der Waals surface area contributed by atoms with Gasteiger partial charge in [-0.3, -0.25) is 0 Å². The van der Waals surface area contributed by atoms with Gasteiger partial charge in [-0.15, -0.1) is 0 Å². The van der Waals surface area contributed by atoms with Gasteiger partial charge in [-0.1, -0.05) is 152 Å². The molecule has 4 bridgehead atoms. The number of fused-ring (bicyclic) bond motifs is 4. The average molecular weight is 853 g/mol. The van der Waals surface area contributed by atoms with Crippen LogP contribution in [0, 0.1) is 10.8 Å². The Hall–Kier alpha value is -3.10. The van der Waals surface area contributed by atoms with Crippen molar-refractivity contribution in [3.63, 3.8) is 0 Å². The molecule has 0 aromatic heterocycles. The maximum atomic E-state index is 12.4. The maximum absolute atomic E-state index is 12.4. The average Bonchev–Trinajstić information content (AvgIpc) is 4.02. The number of hydrogen-bond acceptors (Lipinski definition) is 2. The summed E-state index contributed by atoms with van der Waals surface area (Å²) in [6.45, 7) is 11.6. The molecule has 4 aliphatic heterocycles. The van der Waals surface area contributed by atoms with E-state index in [2.05, 4.69) is 110 Å². The Morgan fingerprint density at radius 2 is 0.759 bits per heavy atom. The lowest BCUT2D eigenvalue weighted by molar-refractivity contribution is -0.909. The minimum atomic E-state index is -0.932. The first-order valence-corrected chi connectivity index (χ1v) is 19.7. The highest BCUT2D eigenvalue weighted by Crippen LogP contribution is 2.59. The van der Waals surface area contributed by atoms with Crippen LogP contribution in [0.5, 0.6) is 0 Å². The van der Waals surface area contributed by atoms with Crippen molar-refractivity contribution in [2.45, 2.75) is 50.2 Å². The Kier molecular flexibility index (Phi) is 12.1. The fraction of sp³-hybridized carbons (Fsp3) is 0.375.